The molecule has 0 atom stereocenters. The van der Waals surface area contributed by atoms with Crippen LogP contribution in [0.3, 0.4) is 0 Å². The van der Waals surface area contributed by atoms with Crippen LogP contribution in [0.2, 0.25) is 0 Å². The van der Waals surface area contributed by atoms with E-state index in [1.54, 1.807) is 0 Å². The summed E-state index contributed by atoms with van der Waals surface area (Å²) in [7, 11) is 0. The molecule has 1 aliphatic heterocycles. The number of nitrogens with zero attached hydrogens (tertiary/aromatic N) is 2. The first-order valence-electron chi connectivity index (χ1n) is 4.76. The first kappa shape index (κ1) is 10.7. The molecule has 14 heavy (non-hydrogen) atoms. The number of unbranched alkanes of at least 4 members (excludes halogenated alkanes) is 1. The Kier molecular flexibility index (Phi) is 3.62. The third kappa shape index (κ3) is 2.10. The lowest BCUT2D eigenvalue weighted by Gasteiger charge is -2.30. The molecule has 0 unspecified atom stereocenters. The fraction of sp³-hybridized carbons (Fsp3) is 0.667. The molecule has 0 radical (unpaired) electrons. The lowest BCUT2D eigenvalue weighted by Crippen LogP contribution is -2.53. The third-order valence-corrected chi connectivity index (χ3v) is 2.25. The van der Waals surface area contributed by atoms with Gasteiger partial charge in [0, 0.05) is 19.6 Å². The van der Waals surface area contributed by atoms with E-state index in [0.717, 1.165) is 17.7 Å². The maximum absolute atomic E-state index is 11.4. The molecule has 1 heterocycles. The van der Waals surface area contributed by atoms with E-state index in [2.05, 4.69) is 0 Å². The molecule has 1 aliphatic rings. The summed E-state index contributed by atoms with van der Waals surface area (Å²) in [6.07, 6.45) is 2.28. The van der Waals surface area contributed by atoms with Crippen LogP contribution < -0.4 is 0 Å². The molecule has 0 spiro atoms. The first-order chi connectivity index (χ1) is 6.70. The Morgan fingerprint density at radius 2 is 2.00 bits per heavy atom. The summed E-state index contributed by atoms with van der Waals surface area (Å²) in [6.45, 7) is 3.41. The minimum absolute atomic E-state index is 0.317. The van der Waals surface area contributed by atoms with Crippen molar-refractivity contribution in [2.45, 2.75) is 19.8 Å². The van der Waals surface area contributed by atoms with Gasteiger partial charge in [0.2, 0.25) is 6.41 Å². The third-order valence-electron chi connectivity index (χ3n) is 2.25. The van der Waals surface area contributed by atoms with Crippen LogP contribution in [0.25, 0.3) is 0 Å². The van der Waals surface area contributed by atoms with Gasteiger partial charge in [-0.3, -0.25) is 19.3 Å². The van der Waals surface area contributed by atoms with Crippen LogP contribution in [-0.2, 0) is 14.4 Å². The van der Waals surface area contributed by atoms with Crippen LogP contribution in [0.5, 0.6) is 0 Å². The van der Waals surface area contributed by atoms with Crippen molar-refractivity contribution in [3.63, 3.8) is 0 Å². The molecule has 0 saturated carbocycles. The zero-order valence-electron chi connectivity index (χ0n) is 8.23. The lowest BCUT2D eigenvalue weighted by atomic mass is 10.2. The second-order valence-electron chi connectivity index (χ2n) is 3.25. The second kappa shape index (κ2) is 4.74. The molecule has 3 amide bonds. The van der Waals surface area contributed by atoms with Crippen molar-refractivity contribution >= 4 is 18.2 Å². The van der Waals surface area contributed by atoms with E-state index in [0.29, 0.717) is 26.0 Å². The molecule has 5 nitrogen and oxygen atoms in total. The van der Waals surface area contributed by atoms with Crippen LogP contribution in [0, 0.1) is 0 Å². The van der Waals surface area contributed by atoms with Gasteiger partial charge in [0.1, 0.15) is 0 Å². The number of carbonyl (C=O) groups is 3. The van der Waals surface area contributed by atoms with E-state index in [-0.39, 0.29) is 0 Å². The maximum Gasteiger partial charge on any atom is 0.318 e. The minimum Gasteiger partial charge on any atom is -0.333 e. The molecule has 78 valence electrons. The van der Waals surface area contributed by atoms with Crippen molar-refractivity contribution < 1.29 is 14.4 Å². The van der Waals surface area contributed by atoms with Gasteiger partial charge in [-0.15, -0.1) is 0 Å². The Morgan fingerprint density at radius 1 is 1.29 bits per heavy atom. The van der Waals surface area contributed by atoms with Gasteiger partial charge in [-0.2, -0.15) is 0 Å². The van der Waals surface area contributed by atoms with E-state index in [4.69, 9.17) is 0 Å². The SMILES string of the molecule is CCCCN1CCN(C=O)C(=O)C1=O. The first-order valence-corrected chi connectivity index (χ1v) is 4.76. The van der Waals surface area contributed by atoms with Gasteiger partial charge >= 0.3 is 11.8 Å². The molecule has 0 N–H and O–H groups in total. The molecule has 0 aromatic carbocycles. The standard InChI is InChI=1S/C9H14N2O3/c1-2-3-4-10-5-6-11(7-12)9(14)8(10)13/h7H,2-6H2,1H3. The Labute approximate surface area is 82.7 Å². The highest BCUT2D eigenvalue weighted by molar-refractivity contribution is 6.37. The van der Waals surface area contributed by atoms with Crippen molar-refractivity contribution in [2.24, 2.45) is 0 Å². The Bertz CT molecular complexity index is 252. The average Bonchev–Trinajstić information content (AvgIpc) is 2.20. The van der Waals surface area contributed by atoms with Crippen LogP contribution in [-0.4, -0.2) is 47.7 Å². The van der Waals surface area contributed by atoms with Crippen LogP contribution in [0.15, 0.2) is 0 Å². The molecule has 1 saturated heterocycles. The Morgan fingerprint density at radius 3 is 2.57 bits per heavy atom. The topological polar surface area (TPSA) is 57.7 Å². The number of hydrogen-bond donors (Lipinski definition) is 0. The normalized spacial score (nSPS) is 17.5. The molecule has 1 rings (SSSR count). The summed E-state index contributed by atoms with van der Waals surface area (Å²) in [5.74, 6) is -1.26. The van der Waals surface area contributed by atoms with Crippen LogP contribution >= 0.6 is 0 Å². The largest absolute Gasteiger partial charge is 0.333 e. The summed E-state index contributed by atoms with van der Waals surface area (Å²) in [5.41, 5.74) is 0. The Balaban J connectivity index is 2.55. The zero-order chi connectivity index (χ0) is 10.6. The van der Waals surface area contributed by atoms with E-state index in [9.17, 15) is 14.4 Å². The minimum atomic E-state index is -0.706. The van der Waals surface area contributed by atoms with E-state index < -0.39 is 11.8 Å². The van der Waals surface area contributed by atoms with E-state index in [1.165, 1.54) is 4.90 Å². The number of amides is 3. The van der Waals surface area contributed by atoms with Gasteiger partial charge in [-0.1, -0.05) is 13.3 Å². The maximum atomic E-state index is 11.4. The summed E-state index contributed by atoms with van der Waals surface area (Å²) in [5, 5.41) is 0. The average molecular weight is 198 g/mol. The van der Waals surface area contributed by atoms with Crippen molar-refractivity contribution in [1.82, 2.24) is 9.80 Å². The highest BCUT2D eigenvalue weighted by Gasteiger charge is 2.31. The number of hydrogen-bond acceptors (Lipinski definition) is 3. The van der Waals surface area contributed by atoms with Gasteiger partial charge in [0.25, 0.3) is 0 Å². The molecule has 0 aliphatic carbocycles. The number of imide groups is 1. The molecule has 0 bridgehead atoms. The smallest absolute Gasteiger partial charge is 0.318 e. The van der Waals surface area contributed by atoms with Gasteiger partial charge in [-0.05, 0) is 6.42 Å². The predicted octanol–water partition coefficient (Wildman–Crippen LogP) is -0.386. The van der Waals surface area contributed by atoms with Crippen molar-refractivity contribution in [2.75, 3.05) is 19.6 Å². The fourth-order valence-corrected chi connectivity index (χ4v) is 1.35. The lowest BCUT2D eigenvalue weighted by molar-refractivity contribution is -0.158. The van der Waals surface area contributed by atoms with Crippen molar-refractivity contribution in [3.8, 4) is 0 Å². The highest BCUT2D eigenvalue weighted by Crippen LogP contribution is 2.04. The molecular weight excluding hydrogens is 184 g/mol. The van der Waals surface area contributed by atoms with Crippen molar-refractivity contribution in [1.29, 1.82) is 0 Å². The van der Waals surface area contributed by atoms with E-state index in [1.807, 2.05) is 6.92 Å². The monoisotopic (exact) mass is 198 g/mol. The van der Waals surface area contributed by atoms with Crippen molar-refractivity contribution in [3.05, 3.63) is 0 Å². The fourth-order valence-electron chi connectivity index (χ4n) is 1.35. The second-order valence-corrected chi connectivity index (χ2v) is 3.25. The summed E-state index contributed by atoms with van der Waals surface area (Å²) < 4.78 is 0. The highest BCUT2D eigenvalue weighted by atomic mass is 16.2. The predicted molar refractivity (Wildman–Crippen MR) is 49.3 cm³/mol. The number of rotatable bonds is 4. The summed E-state index contributed by atoms with van der Waals surface area (Å²) in [6, 6.07) is 0. The van der Waals surface area contributed by atoms with E-state index >= 15 is 0 Å². The van der Waals surface area contributed by atoms with Gasteiger partial charge in [0.15, 0.2) is 0 Å². The van der Waals surface area contributed by atoms with Crippen LogP contribution in [0.1, 0.15) is 19.8 Å². The molecule has 5 heteroatoms. The Hall–Kier alpha value is -1.39. The van der Waals surface area contributed by atoms with Gasteiger partial charge in [-0.25, -0.2) is 0 Å². The molecule has 0 aromatic heterocycles. The molecule has 0 aromatic rings. The molecule has 1 fully saturated rings. The number of carbonyl (C=O) groups excluding carboxylic acids is 3. The van der Waals surface area contributed by atoms with Gasteiger partial charge in [0.05, 0.1) is 0 Å². The van der Waals surface area contributed by atoms with Crippen LogP contribution in [0.4, 0.5) is 0 Å². The zero-order valence-corrected chi connectivity index (χ0v) is 8.23. The number of piperazine rings is 1. The quantitative estimate of drug-likeness (QED) is 0.457. The van der Waals surface area contributed by atoms with Gasteiger partial charge < -0.3 is 4.90 Å². The summed E-state index contributed by atoms with van der Waals surface area (Å²) >= 11 is 0. The molecular formula is C9H14N2O3. The summed E-state index contributed by atoms with van der Waals surface area (Å²) in [4.78, 5) is 35.4.